The topological polar surface area (TPSA) is 173 Å². The second-order valence-electron chi connectivity index (χ2n) is 15.2. The molecule has 63 heavy (non-hydrogen) atoms. The van der Waals surface area contributed by atoms with Crippen molar-refractivity contribution in [3.8, 4) is 24.3 Å². The zero-order valence-electron chi connectivity index (χ0n) is 34.6. The van der Waals surface area contributed by atoms with Gasteiger partial charge in [-0.05, 0) is 98.7 Å². The van der Waals surface area contributed by atoms with Gasteiger partial charge in [0.05, 0.1) is 20.5 Å². The number of aromatic nitrogens is 1. The minimum absolute atomic E-state index is 0.0559. The number of fused-ring (bicyclic) bond motifs is 3. The Kier molecular flexibility index (Phi) is 14.2. The van der Waals surface area contributed by atoms with Crippen LogP contribution in [0.2, 0.25) is 0 Å². The minimum atomic E-state index is 0.0559. The molecule has 0 bridgehead atoms. The van der Waals surface area contributed by atoms with E-state index in [1.807, 2.05) is 72.9 Å². The summed E-state index contributed by atoms with van der Waals surface area (Å²) in [5, 5.41) is 57.8. The van der Waals surface area contributed by atoms with Crippen molar-refractivity contribution >= 4 is 127 Å². The molecule has 310 valence electrons. The van der Waals surface area contributed by atoms with Crippen LogP contribution in [-0.2, 0) is 0 Å². The molecule has 0 radical (unpaired) electrons. The van der Waals surface area contributed by atoms with Crippen molar-refractivity contribution in [2.24, 2.45) is 8.80 Å². The molecule has 2 aromatic carbocycles. The van der Waals surface area contributed by atoms with Gasteiger partial charge >= 0.3 is 0 Å². The molecule has 0 saturated heterocycles. The first-order valence-corrected chi connectivity index (χ1v) is 22.9. The van der Waals surface area contributed by atoms with Gasteiger partial charge in [0.2, 0.25) is 0 Å². The Morgan fingerprint density at radius 1 is 0.651 bits per heavy atom. The van der Waals surface area contributed by atoms with E-state index in [1.165, 1.54) is 54.8 Å². The third-order valence-corrected chi connectivity index (χ3v) is 13.8. The van der Waals surface area contributed by atoms with Crippen molar-refractivity contribution in [1.82, 2.24) is 4.57 Å². The van der Waals surface area contributed by atoms with Gasteiger partial charge < -0.3 is 4.57 Å². The van der Waals surface area contributed by atoms with Gasteiger partial charge in [-0.25, -0.2) is 8.80 Å². The number of hydrogen-bond acceptors (Lipinski definition) is 12. The van der Waals surface area contributed by atoms with Crippen LogP contribution in [0.5, 0.6) is 0 Å². The number of rotatable bonds is 12. The van der Waals surface area contributed by atoms with Crippen LogP contribution in [0.1, 0.15) is 76.0 Å². The molecule has 2 N–H and O–H groups in total. The standard InChI is InChI=1S/C50H41N9S4/c1-3-4-5-6-7-8-9-30(2)59-43-24-31(39-16-12-33(47(55)49(39)57-60)22-37-14-20-45(62-37)35(26-51)27-52)10-18-41(43)42-19-11-32(25-44(42)59)40-17-13-34(48(56)50(40)58-61)23-38-15-21-46(63-38)36(28-53)29-54/h10-25,30,55-56,60-61H,3-9H2,1-2H3/b37-22+,38-23+,55-47?,56-48?,57-49?,58-50?. The Balaban J connectivity index is 1.32. The maximum absolute atomic E-state index is 9.32. The first-order valence-electron chi connectivity index (χ1n) is 20.5. The fourth-order valence-corrected chi connectivity index (χ4v) is 10.3. The van der Waals surface area contributed by atoms with Gasteiger partial charge in [0.25, 0.3) is 0 Å². The minimum Gasteiger partial charge on any atom is -0.338 e. The van der Waals surface area contributed by atoms with Crippen molar-refractivity contribution in [2.45, 2.75) is 64.8 Å². The van der Waals surface area contributed by atoms with E-state index < -0.39 is 0 Å². The largest absolute Gasteiger partial charge is 0.338 e. The van der Waals surface area contributed by atoms with Crippen molar-refractivity contribution in [2.75, 3.05) is 0 Å². The highest BCUT2D eigenvalue weighted by molar-refractivity contribution is 7.79. The molecule has 3 aromatic heterocycles. The summed E-state index contributed by atoms with van der Waals surface area (Å²) < 4.78 is 13.8. The third kappa shape index (κ3) is 9.16. The summed E-state index contributed by atoms with van der Waals surface area (Å²) in [7, 11) is 0. The Morgan fingerprint density at radius 3 is 1.52 bits per heavy atom. The average Bonchev–Trinajstić information content (AvgIpc) is 4.04. The number of nitriles is 4. The van der Waals surface area contributed by atoms with Gasteiger partial charge in [-0.15, -0.1) is 22.7 Å². The number of thiol groups is 2. The predicted molar refractivity (Wildman–Crippen MR) is 268 cm³/mol. The van der Waals surface area contributed by atoms with Crippen molar-refractivity contribution in [3.63, 3.8) is 0 Å². The van der Waals surface area contributed by atoms with E-state index in [9.17, 15) is 21.0 Å². The second-order valence-corrected chi connectivity index (χ2v) is 17.8. The Labute approximate surface area is 384 Å². The monoisotopic (exact) mass is 895 g/mol. The predicted octanol–water partition coefficient (Wildman–Crippen LogP) is 9.84. The van der Waals surface area contributed by atoms with Crippen LogP contribution >= 0.6 is 48.3 Å². The molecule has 1 unspecified atom stereocenters. The number of unbranched alkanes of at least 4 members (excludes halogenated alkanes) is 5. The lowest BCUT2D eigenvalue weighted by Gasteiger charge is -2.20. The van der Waals surface area contributed by atoms with Crippen LogP contribution in [0.3, 0.4) is 0 Å². The molecular formula is C50H41N9S4. The Morgan fingerprint density at radius 2 is 1.10 bits per heavy atom. The summed E-state index contributed by atoms with van der Waals surface area (Å²) in [4.78, 5) is 0. The van der Waals surface area contributed by atoms with Gasteiger partial charge in [-0.3, -0.25) is 10.8 Å². The lowest BCUT2D eigenvalue weighted by atomic mass is 9.89. The van der Waals surface area contributed by atoms with Gasteiger partial charge in [-0.1, -0.05) is 94.0 Å². The van der Waals surface area contributed by atoms with E-state index in [-0.39, 0.29) is 28.6 Å². The molecule has 13 heteroatoms. The zero-order valence-corrected chi connectivity index (χ0v) is 38.0. The smallest absolute Gasteiger partial charge is 0.146 e. The highest BCUT2D eigenvalue weighted by Gasteiger charge is 2.25. The summed E-state index contributed by atoms with van der Waals surface area (Å²) in [5.74, 6) is 0. The summed E-state index contributed by atoms with van der Waals surface area (Å²) in [6.07, 6.45) is 19.7. The van der Waals surface area contributed by atoms with Crippen LogP contribution in [0.15, 0.2) is 105 Å². The summed E-state index contributed by atoms with van der Waals surface area (Å²) >= 11 is 11.3. The van der Waals surface area contributed by atoms with Crippen LogP contribution in [0, 0.1) is 56.1 Å². The van der Waals surface area contributed by atoms with Crippen LogP contribution in [-0.4, -0.2) is 27.4 Å². The number of allylic oxidation sites excluding steroid dienone is 8. The van der Waals surface area contributed by atoms with Crippen molar-refractivity contribution in [3.05, 3.63) is 125 Å². The maximum Gasteiger partial charge on any atom is 0.146 e. The molecule has 0 aliphatic heterocycles. The summed E-state index contributed by atoms with van der Waals surface area (Å²) in [6, 6.07) is 27.9. The lowest BCUT2D eigenvalue weighted by Crippen LogP contribution is -2.20. The van der Waals surface area contributed by atoms with Crippen LogP contribution < -0.4 is 18.1 Å². The molecule has 0 fully saturated rings. The molecule has 1 atom stereocenters. The third-order valence-electron chi connectivity index (χ3n) is 11.3. The second kappa shape index (κ2) is 20.1. The highest BCUT2D eigenvalue weighted by atomic mass is 32.1. The van der Waals surface area contributed by atoms with E-state index in [1.54, 1.807) is 12.1 Å². The highest BCUT2D eigenvalue weighted by Crippen LogP contribution is 2.38. The van der Waals surface area contributed by atoms with Crippen LogP contribution in [0.25, 0.3) is 56.3 Å². The number of thiophene rings is 2. The van der Waals surface area contributed by atoms with E-state index in [2.05, 4.69) is 89.2 Å². The quantitative estimate of drug-likeness (QED) is 0.0555. The number of nitrogens with one attached hydrogen (secondary N) is 2. The van der Waals surface area contributed by atoms with Crippen LogP contribution in [0.4, 0.5) is 0 Å². The van der Waals surface area contributed by atoms with E-state index in [0.717, 1.165) is 66.0 Å². The van der Waals surface area contributed by atoms with E-state index in [4.69, 9.17) is 10.8 Å². The normalized spacial score (nSPS) is 16.3. The molecule has 7 rings (SSSR count). The first kappa shape index (κ1) is 44.5. The van der Waals surface area contributed by atoms with Gasteiger partial charge in [0, 0.05) is 59.2 Å². The molecule has 2 aliphatic carbocycles. The Hall–Kier alpha value is -6.58. The van der Waals surface area contributed by atoms with Crippen molar-refractivity contribution in [1.29, 1.82) is 31.9 Å². The van der Waals surface area contributed by atoms with Gasteiger partial charge in [0.15, 0.2) is 0 Å². The maximum atomic E-state index is 9.32. The summed E-state index contributed by atoms with van der Waals surface area (Å²) in [5.41, 5.74) is 8.20. The molecule has 9 nitrogen and oxygen atoms in total. The molecule has 3 heterocycles. The fourth-order valence-electron chi connectivity index (χ4n) is 8.04. The molecular weight excluding hydrogens is 855 g/mol. The number of nitrogens with zero attached hydrogens (tertiary/aromatic N) is 7. The molecule has 5 aromatic rings. The molecule has 2 aliphatic rings. The fraction of sp³-hybridized carbons (Fsp3) is 0.200. The SMILES string of the molecule is CCCCCCCCC(C)n1c2cc(C3=CC=C(/C=c4\ccc(=C(C#N)C#N)s4)C(=N)C3=NS)ccc2c2ccc(C3=CC=C(/C=c4\ccc(=C(C#N)C#N)s4)C(=N)C3=NS)cc21. The van der Waals surface area contributed by atoms with Crippen molar-refractivity contribution < 1.29 is 0 Å². The van der Waals surface area contributed by atoms with E-state index in [0.29, 0.717) is 31.6 Å². The molecule has 0 spiro atoms. The average molecular weight is 896 g/mol. The number of hydrogen-bond donors (Lipinski definition) is 4. The van der Waals surface area contributed by atoms with Gasteiger partial charge in [-0.2, -0.15) is 21.0 Å². The van der Waals surface area contributed by atoms with E-state index >= 15 is 0 Å². The molecule has 0 amide bonds. The lowest BCUT2D eigenvalue weighted by molar-refractivity contribution is 0.487. The first-order chi connectivity index (χ1) is 30.7. The Bertz CT molecular complexity index is 3110. The number of benzene rings is 2. The zero-order chi connectivity index (χ0) is 44.6. The summed E-state index contributed by atoms with van der Waals surface area (Å²) in [6.45, 7) is 4.51. The molecule has 0 saturated carbocycles. The van der Waals surface area contributed by atoms with Gasteiger partial charge in [0.1, 0.15) is 46.8 Å².